The van der Waals surface area contributed by atoms with Crippen LogP contribution in [0.15, 0.2) is 39.1 Å². The molecular formula is C13H9N2O3S3-. The standard InChI is InChI=1S/C13H10N2O3S3/c1-14-7-4-2-3-5-8(7)20-12(14)10-11(18)15(6-9(16)17)13(19)21-10/h2-5H,6H2,1H3,(H,16,17)/p-1. The summed E-state index contributed by atoms with van der Waals surface area (Å²) in [5, 5.41) is 11.5. The van der Waals surface area contributed by atoms with Crippen LogP contribution in [0.1, 0.15) is 0 Å². The number of benzene rings is 1. The number of carboxylic acids is 1. The quantitative estimate of drug-likeness (QED) is 0.589. The van der Waals surface area contributed by atoms with Gasteiger partial charge in [-0.2, -0.15) is 0 Å². The summed E-state index contributed by atoms with van der Waals surface area (Å²) in [4.78, 5) is 27.6. The summed E-state index contributed by atoms with van der Waals surface area (Å²) >= 11 is 7.70. The molecule has 2 heterocycles. The Balaban J connectivity index is 1.97. The van der Waals surface area contributed by atoms with E-state index >= 15 is 0 Å². The van der Waals surface area contributed by atoms with Crippen LogP contribution in [0.4, 0.5) is 5.69 Å². The molecule has 0 unspecified atom stereocenters. The molecule has 1 saturated heterocycles. The largest absolute Gasteiger partial charge is 0.548 e. The minimum Gasteiger partial charge on any atom is -0.548 e. The lowest BCUT2D eigenvalue weighted by molar-refractivity contribution is -0.305. The van der Waals surface area contributed by atoms with Crippen molar-refractivity contribution in [2.75, 3.05) is 18.5 Å². The van der Waals surface area contributed by atoms with Crippen molar-refractivity contribution in [3.63, 3.8) is 0 Å². The van der Waals surface area contributed by atoms with Crippen LogP contribution in [0.3, 0.4) is 0 Å². The monoisotopic (exact) mass is 337 g/mol. The number of para-hydroxylation sites is 1. The molecule has 1 fully saturated rings. The Labute approximate surface area is 135 Å². The fourth-order valence-electron chi connectivity index (χ4n) is 2.09. The van der Waals surface area contributed by atoms with Crippen molar-refractivity contribution in [2.24, 2.45) is 0 Å². The summed E-state index contributed by atoms with van der Waals surface area (Å²) in [6.45, 7) is -0.511. The van der Waals surface area contributed by atoms with Crippen molar-refractivity contribution in [1.29, 1.82) is 0 Å². The molecule has 0 N–H and O–H groups in total. The Morgan fingerprint density at radius 2 is 2.05 bits per heavy atom. The molecule has 1 amide bonds. The first kappa shape index (κ1) is 14.4. The van der Waals surface area contributed by atoms with Crippen molar-refractivity contribution in [2.45, 2.75) is 4.90 Å². The summed E-state index contributed by atoms with van der Waals surface area (Å²) in [6.07, 6.45) is 0. The number of thiocarbonyl (C=S) groups is 1. The van der Waals surface area contributed by atoms with Crippen LogP contribution in [0.2, 0.25) is 0 Å². The van der Waals surface area contributed by atoms with Crippen molar-refractivity contribution in [3.8, 4) is 0 Å². The lowest BCUT2D eigenvalue weighted by Gasteiger charge is -2.16. The third-order valence-electron chi connectivity index (χ3n) is 3.07. The molecule has 21 heavy (non-hydrogen) atoms. The molecule has 3 rings (SSSR count). The normalized spacial score (nSPS) is 21.2. The molecule has 0 aliphatic carbocycles. The summed E-state index contributed by atoms with van der Waals surface area (Å²) in [6, 6.07) is 7.81. The number of carbonyl (C=O) groups is 2. The maximum absolute atomic E-state index is 12.4. The highest BCUT2D eigenvalue weighted by atomic mass is 32.2. The fraction of sp³-hybridized carbons (Fsp3) is 0.154. The number of hydrogen-bond acceptors (Lipinski definition) is 7. The van der Waals surface area contributed by atoms with Crippen LogP contribution in [-0.2, 0) is 9.59 Å². The number of carboxylic acid groups (broad SMARTS) is 1. The van der Waals surface area contributed by atoms with Crippen LogP contribution >= 0.6 is 35.7 Å². The molecule has 0 spiro atoms. The van der Waals surface area contributed by atoms with Gasteiger partial charge in [0, 0.05) is 11.9 Å². The number of thioether (sulfide) groups is 2. The molecule has 2 aliphatic rings. The molecule has 2 aliphatic heterocycles. The van der Waals surface area contributed by atoms with Gasteiger partial charge in [0.1, 0.15) is 9.23 Å². The zero-order valence-corrected chi connectivity index (χ0v) is 13.3. The molecule has 5 nitrogen and oxygen atoms in total. The minimum absolute atomic E-state index is 0.247. The van der Waals surface area contributed by atoms with Gasteiger partial charge in [-0.15, -0.1) is 0 Å². The van der Waals surface area contributed by atoms with Gasteiger partial charge in [0.15, 0.2) is 0 Å². The highest BCUT2D eigenvalue weighted by Crippen LogP contribution is 2.49. The van der Waals surface area contributed by atoms with Gasteiger partial charge < -0.3 is 14.8 Å². The third kappa shape index (κ3) is 2.43. The third-order valence-corrected chi connectivity index (χ3v) is 5.87. The predicted octanol–water partition coefficient (Wildman–Crippen LogP) is 1.01. The van der Waals surface area contributed by atoms with Crippen LogP contribution in [-0.4, -0.2) is 34.7 Å². The van der Waals surface area contributed by atoms with E-state index in [9.17, 15) is 14.7 Å². The maximum atomic E-state index is 12.4. The smallest absolute Gasteiger partial charge is 0.269 e. The number of rotatable bonds is 2. The number of hydrogen-bond donors (Lipinski definition) is 0. The van der Waals surface area contributed by atoms with Gasteiger partial charge in [-0.25, -0.2) is 0 Å². The van der Waals surface area contributed by atoms with Gasteiger partial charge in [-0.1, -0.05) is 47.9 Å². The van der Waals surface area contributed by atoms with Crippen LogP contribution in [0.25, 0.3) is 0 Å². The number of anilines is 1. The van der Waals surface area contributed by atoms with E-state index in [4.69, 9.17) is 12.2 Å². The SMILES string of the molecule is CN1C(=C2SC(=S)N(CC(=O)[O-])C2=O)Sc2ccccc21. The van der Waals surface area contributed by atoms with E-state index in [1.807, 2.05) is 36.2 Å². The summed E-state index contributed by atoms with van der Waals surface area (Å²) in [5.74, 6) is -1.70. The van der Waals surface area contributed by atoms with Crippen molar-refractivity contribution in [3.05, 3.63) is 34.2 Å². The Hall–Kier alpha value is -1.51. The van der Waals surface area contributed by atoms with Crippen molar-refractivity contribution < 1.29 is 14.7 Å². The molecule has 0 aromatic heterocycles. The van der Waals surface area contributed by atoms with Gasteiger partial charge in [-0.3, -0.25) is 9.69 Å². The molecule has 8 heteroatoms. The number of carbonyl (C=O) groups excluding carboxylic acids is 2. The number of fused-ring (bicyclic) bond motifs is 1. The average molecular weight is 337 g/mol. The molecule has 0 radical (unpaired) electrons. The Kier molecular flexibility index (Phi) is 3.68. The topological polar surface area (TPSA) is 63.7 Å². The van der Waals surface area contributed by atoms with E-state index in [-0.39, 0.29) is 10.2 Å². The molecule has 108 valence electrons. The molecule has 0 bridgehead atoms. The van der Waals surface area contributed by atoms with Crippen LogP contribution in [0.5, 0.6) is 0 Å². The van der Waals surface area contributed by atoms with Gasteiger partial charge in [0.2, 0.25) is 0 Å². The van der Waals surface area contributed by atoms with Crippen LogP contribution in [0, 0.1) is 0 Å². The number of nitrogens with zero attached hydrogens (tertiary/aromatic N) is 2. The van der Waals surface area contributed by atoms with E-state index in [0.717, 1.165) is 32.3 Å². The van der Waals surface area contributed by atoms with Gasteiger partial charge >= 0.3 is 0 Å². The fourth-order valence-corrected chi connectivity index (χ4v) is 4.67. The average Bonchev–Trinajstić information content (AvgIpc) is 2.91. The lowest BCUT2D eigenvalue weighted by Crippen LogP contribution is -2.40. The van der Waals surface area contributed by atoms with Crippen molar-refractivity contribution in [1.82, 2.24) is 4.90 Å². The summed E-state index contributed by atoms with van der Waals surface area (Å²) in [7, 11) is 1.87. The van der Waals surface area contributed by atoms with Gasteiger partial charge in [-0.05, 0) is 12.1 Å². The molecule has 0 atom stereocenters. The first-order chi connectivity index (χ1) is 9.99. The molecule has 1 aromatic carbocycles. The van der Waals surface area contributed by atoms with E-state index in [1.165, 1.54) is 11.8 Å². The zero-order chi connectivity index (χ0) is 15.1. The van der Waals surface area contributed by atoms with E-state index < -0.39 is 12.5 Å². The highest BCUT2D eigenvalue weighted by Gasteiger charge is 2.37. The second-order valence-corrected chi connectivity index (χ2v) is 7.07. The minimum atomic E-state index is -1.33. The summed E-state index contributed by atoms with van der Waals surface area (Å²) < 4.78 is 0.247. The van der Waals surface area contributed by atoms with E-state index in [0.29, 0.717) is 4.91 Å². The molecule has 0 saturated carbocycles. The predicted molar refractivity (Wildman–Crippen MR) is 84.6 cm³/mol. The second kappa shape index (κ2) is 5.36. The Bertz CT molecular complexity index is 702. The first-order valence-electron chi connectivity index (χ1n) is 5.97. The lowest BCUT2D eigenvalue weighted by atomic mass is 10.3. The zero-order valence-electron chi connectivity index (χ0n) is 10.9. The van der Waals surface area contributed by atoms with Gasteiger partial charge in [0.05, 0.1) is 23.2 Å². The molecular weight excluding hydrogens is 328 g/mol. The van der Waals surface area contributed by atoms with Crippen molar-refractivity contribution >= 4 is 57.6 Å². The Morgan fingerprint density at radius 1 is 1.33 bits per heavy atom. The second-order valence-electron chi connectivity index (χ2n) is 4.39. The summed E-state index contributed by atoms with van der Waals surface area (Å²) in [5.41, 5.74) is 1.02. The van der Waals surface area contributed by atoms with E-state index in [2.05, 4.69) is 0 Å². The Morgan fingerprint density at radius 3 is 2.71 bits per heavy atom. The number of aliphatic carboxylic acids is 1. The first-order valence-corrected chi connectivity index (χ1v) is 8.01. The molecule has 1 aromatic rings. The maximum Gasteiger partial charge on any atom is 0.269 e. The number of amides is 1. The van der Waals surface area contributed by atoms with Crippen LogP contribution < -0.4 is 10.0 Å². The highest BCUT2D eigenvalue weighted by molar-refractivity contribution is 8.27. The van der Waals surface area contributed by atoms with Gasteiger partial charge in [0.25, 0.3) is 5.91 Å². The van der Waals surface area contributed by atoms with E-state index in [1.54, 1.807) is 0 Å².